The highest BCUT2D eigenvalue weighted by atomic mass is 32.2. The Bertz CT molecular complexity index is 880. The molecule has 0 bridgehead atoms. The van der Waals surface area contributed by atoms with Crippen molar-refractivity contribution in [2.45, 2.75) is 23.8 Å². The molecule has 0 spiro atoms. The highest BCUT2D eigenvalue weighted by Gasteiger charge is 2.23. The van der Waals surface area contributed by atoms with E-state index in [-0.39, 0.29) is 0 Å². The number of hydrogen-bond donors (Lipinski definition) is 1. The largest absolute Gasteiger partial charge is 0.454 e. The first-order valence-electron chi connectivity index (χ1n) is 7.95. The molecule has 2 heterocycles. The summed E-state index contributed by atoms with van der Waals surface area (Å²) >= 11 is 0. The van der Waals surface area contributed by atoms with Crippen molar-refractivity contribution in [2.75, 3.05) is 0 Å². The highest BCUT2D eigenvalue weighted by Crippen LogP contribution is 2.40. The second-order valence-electron chi connectivity index (χ2n) is 5.85. The van der Waals surface area contributed by atoms with Gasteiger partial charge in [-0.2, -0.15) is 0 Å². The molecule has 1 N–H and O–H groups in total. The molecule has 0 unspecified atom stereocenters. The van der Waals surface area contributed by atoms with E-state index in [2.05, 4.69) is 39.6 Å². The van der Waals surface area contributed by atoms with Gasteiger partial charge in [-0.15, -0.1) is 0 Å². The third-order valence-electron chi connectivity index (χ3n) is 4.07. The Balaban J connectivity index is 1.44. The Morgan fingerprint density at radius 1 is 1.21 bits per heavy atom. The maximum absolute atomic E-state index is 12.1. The minimum atomic E-state index is -1.34. The quantitative estimate of drug-likeness (QED) is 0.532. The molecule has 1 aromatic carbocycles. The number of benzene rings is 1. The van der Waals surface area contributed by atoms with Crippen LogP contribution in [0.3, 0.4) is 0 Å². The fourth-order valence-electron chi connectivity index (χ4n) is 2.60. The molecule has 1 aliphatic carbocycles. The lowest BCUT2D eigenvalue weighted by molar-refractivity contribution is 0.601. The first-order valence-corrected chi connectivity index (χ1v) is 9.16. The lowest BCUT2D eigenvalue weighted by atomic mass is 9.79. The number of amidine groups is 1. The van der Waals surface area contributed by atoms with Gasteiger partial charge in [0.05, 0.1) is 5.73 Å². The average Bonchev–Trinajstić information content (AvgIpc) is 3.39. The molecule has 119 valence electrons. The number of rotatable bonds is 4. The molecule has 24 heavy (non-hydrogen) atoms. The summed E-state index contributed by atoms with van der Waals surface area (Å²) in [7, 11) is 0.542. The van der Waals surface area contributed by atoms with Crippen molar-refractivity contribution >= 4 is 34.6 Å². The topological polar surface area (TPSA) is 54.4 Å². The standard InChI is InChI=1S/C18H16BN3OS/c23-24(17-3-1-2-10-20-17)12-21-18-19-11-16(22-18)15-8-6-14(7-9-15)13-4-5-13/h1-3,6-13H,4-5H2,(H,21,22)/q-1. The van der Waals surface area contributed by atoms with Gasteiger partial charge in [0, 0.05) is 11.9 Å². The van der Waals surface area contributed by atoms with Crippen molar-refractivity contribution in [2.24, 2.45) is 4.99 Å². The van der Waals surface area contributed by atoms with E-state index in [1.165, 1.54) is 23.9 Å². The van der Waals surface area contributed by atoms with Gasteiger partial charge >= 0.3 is 0 Å². The van der Waals surface area contributed by atoms with Crippen LogP contribution in [0.2, 0.25) is 0 Å². The Kier molecular flexibility index (Phi) is 4.21. The van der Waals surface area contributed by atoms with Crippen molar-refractivity contribution in [1.82, 2.24) is 10.3 Å². The fourth-order valence-corrected chi connectivity index (χ4v) is 3.30. The molecule has 0 atom stereocenters. The number of aromatic nitrogens is 1. The molecule has 4 nitrogen and oxygen atoms in total. The van der Waals surface area contributed by atoms with Gasteiger partial charge in [0.1, 0.15) is 0 Å². The van der Waals surface area contributed by atoms with Gasteiger partial charge in [-0.3, -0.25) is 9.98 Å². The number of aliphatic imine (C=N–C) groups is 1. The van der Waals surface area contributed by atoms with Crippen LogP contribution in [0.15, 0.2) is 64.7 Å². The Hall–Kier alpha value is -2.34. The second kappa shape index (κ2) is 6.65. The van der Waals surface area contributed by atoms with Gasteiger partial charge in [-0.05, 0) is 41.0 Å². The van der Waals surface area contributed by atoms with E-state index in [0.717, 1.165) is 17.2 Å². The summed E-state index contributed by atoms with van der Waals surface area (Å²) in [5.41, 5.74) is 5.66. The van der Waals surface area contributed by atoms with E-state index < -0.39 is 10.4 Å². The van der Waals surface area contributed by atoms with Crippen LogP contribution in [0, 0.1) is 0 Å². The molecule has 0 saturated heterocycles. The van der Waals surface area contributed by atoms with E-state index >= 15 is 0 Å². The highest BCUT2D eigenvalue weighted by molar-refractivity contribution is 7.83. The molecule has 1 aromatic heterocycles. The van der Waals surface area contributed by atoms with E-state index in [4.69, 9.17) is 0 Å². The maximum atomic E-state index is 12.1. The smallest absolute Gasteiger partial charge is 0.233 e. The van der Waals surface area contributed by atoms with Crippen LogP contribution in [0.4, 0.5) is 0 Å². The van der Waals surface area contributed by atoms with Crippen LogP contribution < -0.4 is 5.32 Å². The zero-order chi connectivity index (χ0) is 16.4. The van der Waals surface area contributed by atoms with E-state index in [9.17, 15) is 4.21 Å². The van der Waals surface area contributed by atoms with Gasteiger partial charge in [0.25, 0.3) is 0 Å². The number of pyridine rings is 1. The summed E-state index contributed by atoms with van der Waals surface area (Å²) in [6.07, 6.45) is 4.25. The number of nitrogens with one attached hydrogen (secondary N) is 1. The minimum Gasteiger partial charge on any atom is -0.454 e. The predicted octanol–water partition coefficient (Wildman–Crippen LogP) is 2.70. The van der Waals surface area contributed by atoms with Crippen molar-refractivity contribution in [3.63, 3.8) is 0 Å². The first-order chi connectivity index (χ1) is 11.8. The Morgan fingerprint density at radius 3 is 2.75 bits per heavy atom. The summed E-state index contributed by atoms with van der Waals surface area (Å²) in [5.74, 6) is 2.76. The number of hydrogen-bond acceptors (Lipinski definition) is 3. The SMILES string of the molecule is O=[S-](=CN=C1[B]C=C(c2ccc(C3CC3)cc2)N1)c1ccccn1. The molecule has 1 fully saturated rings. The molecule has 1 aliphatic heterocycles. The molecule has 0 amide bonds. The van der Waals surface area contributed by atoms with Gasteiger partial charge in [0.15, 0.2) is 0 Å². The van der Waals surface area contributed by atoms with E-state index in [1.54, 1.807) is 18.3 Å². The summed E-state index contributed by atoms with van der Waals surface area (Å²) in [4.78, 5) is 8.33. The average molecular weight is 333 g/mol. The van der Waals surface area contributed by atoms with Gasteiger partial charge in [-0.25, -0.2) is 10.4 Å². The third-order valence-corrected chi connectivity index (χ3v) is 5.02. The zero-order valence-corrected chi connectivity index (χ0v) is 13.9. The third kappa shape index (κ3) is 3.43. The van der Waals surface area contributed by atoms with E-state index in [0.29, 0.717) is 10.8 Å². The summed E-state index contributed by atoms with van der Waals surface area (Å²) in [5, 5.41) is 3.75. The number of nitrogens with zero attached hydrogens (tertiary/aromatic N) is 2. The molecular weight excluding hydrogens is 317 g/mol. The molecular formula is C18H16BN3OS-. The van der Waals surface area contributed by atoms with E-state index in [1.807, 2.05) is 19.3 Å². The molecule has 6 heteroatoms. The minimum absolute atomic E-state index is 0.503. The summed E-state index contributed by atoms with van der Waals surface area (Å²) < 4.78 is 12.1. The normalized spacial score (nSPS) is 19.7. The van der Waals surface area contributed by atoms with Gasteiger partial charge in [0.2, 0.25) is 7.28 Å². The summed E-state index contributed by atoms with van der Waals surface area (Å²) in [6, 6.07) is 14.0. The van der Waals surface area contributed by atoms with Crippen LogP contribution in [0.25, 0.3) is 5.70 Å². The first kappa shape index (κ1) is 15.2. The van der Waals surface area contributed by atoms with Crippen molar-refractivity contribution in [3.8, 4) is 0 Å². The van der Waals surface area contributed by atoms with Crippen LogP contribution in [-0.2, 0) is 14.6 Å². The lowest BCUT2D eigenvalue weighted by Crippen LogP contribution is -2.19. The zero-order valence-electron chi connectivity index (χ0n) is 13.1. The maximum Gasteiger partial charge on any atom is 0.233 e. The van der Waals surface area contributed by atoms with Gasteiger partial charge < -0.3 is 9.53 Å². The Labute approximate surface area is 144 Å². The van der Waals surface area contributed by atoms with Crippen molar-refractivity contribution < 1.29 is 4.21 Å². The van der Waals surface area contributed by atoms with Crippen molar-refractivity contribution in [1.29, 1.82) is 0 Å². The van der Waals surface area contributed by atoms with Crippen LogP contribution >= 0.6 is 0 Å². The van der Waals surface area contributed by atoms with Crippen molar-refractivity contribution in [3.05, 3.63) is 65.8 Å². The predicted molar refractivity (Wildman–Crippen MR) is 99.3 cm³/mol. The fraction of sp³-hybridized carbons (Fsp3) is 0.167. The lowest BCUT2D eigenvalue weighted by Gasteiger charge is -2.07. The molecule has 4 rings (SSSR count). The van der Waals surface area contributed by atoms with Crippen LogP contribution in [0.5, 0.6) is 0 Å². The van der Waals surface area contributed by atoms with Crippen LogP contribution in [0.1, 0.15) is 29.9 Å². The monoisotopic (exact) mass is 333 g/mol. The Morgan fingerprint density at radius 2 is 2.04 bits per heavy atom. The second-order valence-corrected chi connectivity index (χ2v) is 7.08. The molecule has 2 aliphatic rings. The molecule has 1 radical (unpaired) electrons. The molecule has 2 aromatic rings. The summed E-state index contributed by atoms with van der Waals surface area (Å²) in [6.45, 7) is 0. The van der Waals surface area contributed by atoms with Gasteiger partial charge in [-0.1, -0.05) is 47.9 Å². The molecule has 1 saturated carbocycles. The van der Waals surface area contributed by atoms with Crippen LogP contribution in [-0.4, -0.2) is 23.5 Å².